The molecule has 1 amide bonds. The number of aryl methyl sites for hydroxylation is 1. The lowest BCUT2D eigenvalue weighted by atomic mass is 10.1. The van der Waals surface area contributed by atoms with Crippen LogP contribution in [0.5, 0.6) is 11.5 Å². The molecule has 0 spiro atoms. The second-order valence-corrected chi connectivity index (χ2v) is 5.59. The molecule has 0 fully saturated rings. The highest BCUT2D eigenvalue weighted by molar-refractivity contribution is 7.99. The lowest BCUT2D eigenvalue weighted by Crippen LogP contribution is -2.26. The van der Waals surface area contributed by atoms with Gasteiger partial charge in [0.1, 0.15) is 0 Å². The van der Waals surface area contributed by atoms with E-state index in [1.54, 1.807) is 14.2 Å². The van der Waals surface area contributed by atoms with Gasteiger partial charge in [0.2, 0.25) is 5.91 Å². The van der Waals surface area contributed by atoms with Gasteiger partial charge in [-0.1, -0.05) is 6.07 Å². The van der Waals surface area contributed by atoms with Crippen molar-refractivity contribution in [1.82, 2.24) is 5.32 Å². The van der Waals surface area contributed by atoms with Gasteiger partial charge in [-0.3, -0.25) is 9.59 Å². The van der Waals surface area contributed by atoms with Crippen LogP contribution in [0.3, 0.4) is 0 Å². The smallest absolute Gasteiger partial charge is 0.313 e. The van der Waals surface area contributed by atoms with Crippen LogP contribution < -0.4 is 14.8 Å². The summed E-state index contributed by atoms with van der Waals surface area (Å²) >= 11 is 1.28. The third kappa shape index (κ3) is 6.71. The topological polar surface area (TPSA) is 84.9 Å². The molecule has 0 unspecified atom stereocenters. The molecule has 7 heteroatoms. The van der Waals surface area contributed by atoms with Crippen LogP contribution >= 0.6 is 11.8 Å². The third-order valence-electron chi connectivity index (χ3n) is 2.88. The van der Waals surface area contributed by atoms with Gasteiger partial charge in [-0.25, -0.2) is 0 Å². The molecule has 0 aromatic heterocycles. The Labute approximate surface area is 134 Å². The lowest BCUT2D eigenvalue weighted by molar-refractivity contribution is -0.133. The summed E-state index contributed by atoms with van der Waals surface area (Å²) < 4.78 is 10.4. The van der Waals surface area contributed by atoms with Gasteiger partial charge < -0.3 is 19.9 Å². The molecule has 0 heterocycles. The first-order valence-electron chi connectivity index (χ1n) is 6.84. The summed E-state index contributed by atoms with van der Waals surface area (Å²) in [5, 5.41) is 11.3. The van der Waals surface area contributed by atoms with E-state index in [4.69, 9.17) is 14.6 Å². The predicted molar refractivity (Wildman–Crippen MR) is 85.8 cm³/mol. The Bertz CT molecular complexity index is 507. The van der Waals surface area contributed by atoms with Crippen LogP contribution in [-0.4, -0.2) is 49.3 Å². The number of carbonyl (C=O) groups is 2. The van der Waals surface area contributed by atoms with E-state index in [0.29, 0.717) is 36.6 Å². The minimum Gasteiger partial charge on any atom is -0.493 e. The quantitative estimate of drug-likeness (QED) is 0.635. The molecule has 2 N–H and O–H groups in total. The number of ether oxygens (including phenoxy) is 2. The average Bonchev–Trinajstić information content (AvgIpc) is 2.51. The molecular formula is C15H21NO5S. The monoisotopic (exact) mass is 327 g/mol. The lowest BCUT2D eigenvalue weighted by Gasteiger charge is -2.09. The zero-order chi connectivity index (χ0) is 16.4. The van der Waals surface area contributed by atoms with E-state index < -0.39 is 5.97 Å². The van der Waals surface area contributed by atoms with Gasteiger partial charge in [0.05, 0.1) is 20.0 Å². The molecular weight excluding hydrogens is 306 g/mol. The Morgan fingerprint density at radius 3 is 2.59 bits per heavy atom. The number of thioether (sulfide) groups is 1. The molecule has 0 saturated heterocycles. The van der Waals surface area contributed by atoms with Gasteiger partial charge in [-0.05, 0) is 24.1 Å². The average molecular weight is 327 g/mol. The van der Waals surface area contributed by atoms with E-state index in [1.165, 1.54) is 11.8 Å². The van der Waals surface area contributed by atoms with Crippen molar-refractivity contribution in [3.63, 3.8) is 0 Å². The summed E-state index contributed by atoms with van der Waals surface area (Å²) in [5.74, 6) is 1.06. The van der Waals surface area contributed by atoms with Crippen molar-refractivity contribution in [3.05, 3.63) is 23.8 Å². The van der Waals surface area contributed by atoms with E-state index in [0.717, 1.165) is 5.56 Å². The van der Waals surface area contributed by atoms with Gasteiger partial charge >= 0.3 is 5.97 Å². The van der Waals surface area contributed by atoms with Crippen LogP contribution in [0.4, 0.5) is 0 Å². The molecule has 122 valence electrons. The van der Waals surface area contributed by atoms with E-state index in [2.05, 4.69) is 5.32 Å². The number of benzene rings is 1. The molecule has 0 radical (unpaired) electrons. The maximum absolute atomic E-state index is 11.7. The Morgan fingerprint density at radius 1 is 1.23 bits per heavy atom. The Kier molecular flexibility index (Phi) is 8.21. The molecule has 1 aromatic rings. The number of hydrogen-bond donors (Lipinski definition) is 2. The Balaban J connectivity index is 2.30. The third-order valence-corrected chi connectivity index (χ3v) is 3.83. The molecule has 22 heavy (non-hydrogen) atoms. The number of rotatable bonds is 10. The molecule has 0 aliphatic carbocycles. The number of aliphatic carboxylic acids is 1. The number of hydrogen-bond acceptors (Lipinski definition) is 5. The van der Waals surface area contributed by atoms with Crippen molar-refractivity contribution < 1.29 is 24.2 Å². The van der Waals surface area contributed by atoms with Crippen LogP contribution in [0.2, 0.25) is 0 Å². The number of amides is 1. The highest BCUT2D eigenvalue weighted by Crippen LogP contribution is 2.27. The van der Waals surface area contributed by atoms with Crippen LogP contribution in [0.25, 0.3) is 0 Å². The van der Waals surface area contributed by atoms with Gasteiger partial charge in [-0.15, -0.1) is 11.8 Å². The molecule has 0 atom stereocenters. The Hall–Kier alpha value is -1.89. The van der Waals surface area contributed by atoms with Crippen molar-refractivity contribution in [2.75, 3.05) is 32.3 Å². The van der Waals surface area contributed by atoms with Gasteiger partial charge in [0, 0.05) is 18.7 Å². The second-order valence-electron chi connectivity index (χ2n) is 4.49. The largest absolute Gasteiger partial charge is 0.493 e. The second kappa shape index (κ2) is 9.94. The molecule has 0 bridgehead atoms. The van der Waals surface area contributed by atoms with E-state index in [9.17, 15) is 9.59 Å². The first-order valence-corrected chi connectivity index (χ1v) is 7.99. The van der Waals surface area contributed by atoms with E-state index in [1.807, 2.05) is 18.2 Å². The summed E-state index contributed by atoms with van der Waals surface area (Å²) in [5.41, 5.74) is 0.994. The van der Waals surface area contributed by atoms with Crippen molar-refractivity contribution in [1.29, 1.82) is 0 Å². The molecule has 1 aromatic carbocycles. The van der Waals surface area contributed by atoms with Crippen LogP contribution in [0.1, 0.15) is 12.0 Å². The zero-order valence-electron chi connectivity index (χ0n) is 12.8. The molecule has 0 saturated carbocycles. The summed E-state index contributed by atoms with van der Waals surface area (Å²) in [6.45, 7) is 0.475. The first-order chi connectivity index (χ1) is 10.6. The molecule has 6 nitrogen and oxygen atoms in total. The number of nitrogens with one attached hydrogen (secondary N) is 1. The number of carboxylic acid groups (broad SMARTS) is 1. The standard InChI is InChI=1S/C15H21NO5S/c1-20-12-5-3-11(9-13(12)21-2)4-6-14(17)16-7-8-22-10-15(18)19/h3,5,9H,4,6-8,10H2,1-2H3,(H,16,17)(H,18,19). The number of carboxylic acids is 1. The minimum absolute atomic E-state index is 0.0503. The minimum atomic E-state index is -0.843. The molecule has 1 rings (SSSR count). The van der Waals surface area contributed by atoms with Gasteiger partial charge in [0.15, 0.2) is 11.5 Å². The highest BCUT2D eigenvalue weighted by Gasteiger charge is 2.07. The van der Waals surface area contributed by atoms with Crippen molar-refractivity contribution in [2.24, 2.45) is 0 Å². The molecule has 0 aliphatic heterocycles. The highest BCUT2D eigenvalue weighted by atomic mass is 32.2. The zero-order valence-corrected chi connectivity index (χ0v) is 13.6. The fourth-order valence-electron chi connectivity index (χ4n) is 1.80. The van der Waals surface area contributed by atoms with Crippen molar-refractivity contribution in [2.45, 2.75) is 12.8 Å². The van der Waals surface area contributed by atoms with Crippen LogP contribution in [-0.2, 0) is 16.0 Å². The SMILES string of the molecule is COc1ccc(CCC(=O)NCCSCC(=O)O)cc1OC. The predicted octanol–water partition coefficient (Wildman–Crippen LogP) is 1.57. The Morgan fingerprint density at radius 2 is 1.95 bits per heavy atom. The summed E-state index contributed by atoms with van der Waals surface area (Å²) in [7, 11) is 3.15. The fraction of sp³-hybridized carbons (Fsp3) is 0.467. The number of carbonyl (C=O) groups excluding carboxylic acids is 1. The van der Waals surface area contributed by atoms with Crippen LogP contribution in [0.15, 0.2) is 18.2 Å². The first kappa shape index (κ1) is 18.2. The summed E-state index contributed by atoms with van der Waals surface area (Å²) in [6, 6.07) is 5.57. The maximum Gasteiger partial charge on any atom is 0.313 e. The van der Waals surface area contributed by atoms with Gasteiger partial charge in [-0.2, -0.15) is 0 Å². The van der Waals surface area contributed by atoms with Crippen LogP contribution in [0, 0.1) is 0 Å². The van der Waals surface area contributed by atoms with Gasteiger partial charge in [0.25, 0.3) is 0 Å². The fourth-order valence-corrected chi connectivity index (χ4v) is 2.37. The van der Waals surface area contributed by atoms with E-state index in [-0.39, 0.29) is 11.7 Å². The normalized spacial score (nSPS) is 10.1. The van der Waals surface area contributed by atoms with E-state index >= 15 is 0 Å². The van der Waals surface area contributed by atoms with Crippen molar-refractivity contribution in [3.8, 4) is 11.5 Å². The van der Waals surface area contributed by atoms with Crippen molar-refractivity contribution >= 4 is 23.6 Å². The number of methoxy groups -OCH3 is 2. The molecule has 0 aliphatic rings. The maximum atomic E-state index is 11.7. The summed E-state index contributed by atoms with van der Waals surface area (Å²) in [6.07, 6.45) is 0.980. The summed E-state index contributed by atoms with van der Waals surface area (Å²) in [4.78, 5) is 22.0.